The average Bonchev–Trinajstić information content (AvgIpc) is 2.59. The van der Waals surface area contributed by atoms with E-state index in [4.69, 9.17) is 0 Å². The van der Waals surface area contributed by atoms with Crippen molar-refractivity contribution < 1.29 is 26.0 Å². The minimum atomic E-state index is -4.42. The van der Waals surface area contributed by atoms with Gasteiger partial charge in [-0.15, -0.1) is 0 Å². The lowest BCUT2D eigenvalue weighted by Gasteiger charge is -2.10. The van der Waals surface area contributed by atoms with E-state index in [2.05, 4.69) is 6.92 Å². The molecule has 0 aliphatic rings. The molecule has 0 N–H and O–H groups in total. The molecular formula is C19H28F4O2S. The van der Waals surface area contributed by atoms with Crippen LogP contribution in [-0.2, 0) is 9.84 Å². The molecule has 0 aliphatic carbocycles. The predicted octanol–water partition coefficient (Wildman–Crippen LogP) is 6.25. The number of benzene rings is 1. The SMILES string of the molecule is CCCCCCCCCCCCS(=O)(=O)c1c(F)c(F)c(C)c(F)c1F. The molecule has 0 fully saturated rings. The largest absolute Gasteiger partial charge is 0.223 e. The monoisotopic (exact) mass is 396 g/mol. The summed E-state index contributed by atoms with van der Waals surface area (Å²) in [7, 11) is -4.42. The lowest BCUT2D eigenvalue weighted by molar-refractivity contribution is 0.412. The third-order valence-electron chi connectivity index (χ3n) is 4.52. The van der Waals surface area contributed by atoms with Crippen LogP contribution >= 0.6 is 0 Å². The van der Waals surface area contributed by atoms with E-state index in [1.165, 1.54) is 25.7 Å². The van der Waals surface area contributed by atoms with E-state index in [1.807, 2.05) is 0 Å². The second-order valence-corrected chi connectivity index (χ2v) is 8.76. The first-order chi connectivity index (χ1) is 12.2. The molecule has 0 spiro atoms. The van der Waals surface area contributed by atoms with E-state index in [1.54, 1.807) is 0 Å². The molecule has 0 aliphatic heterocycles. The van der Waals surface area contributed by atoms with E-state index in [9.17, 15) is 26.0 Å². The molecule has 1 aromatic rings. The standard InChI is InChI=1S/C19H28F4O2S/c1-3-4-5-6-7-8-9-10-11-12-13-26(24,25)19-17(22)15(20)14(2)16(21)18(19)23/h3-13H2,1-2H3. The topological polar surface area (TPSA) is 34.1 Å². The quantitative estimate of drug-likeness (QED) is 0.238. The van der Waals surface area contributed by atoms with Gasteiger partial charge in [-0.05, 0) is 13.3 Å². The fourth-order valence-corrected chi connectivity index (χ4v) is 4.39. The van der Waals surface area contributed by atoms with Crippen LogP contribution in [0.25, 0.3) is 0 Å². The van der Waals surface area contributed by atoms with Gasteiger partial charge in [-0.1, -0.05) is 64.7 Å². The minimum absolute atomic E-state index is 0.203. The molecule has 0 bridgehead atoms. The molecule has 0 aromatic heterocycles. The van der Waals surface area contributed by atoms with Crippen molar-refractivity contribution >= 4 is 9.84 Å². The van der Waals surface area contributed by atoms with Crippen molar-refractivity contribution in [2.45, 2.75) is 83.0 Å². The second kappa shape index (κ2) is 10.9. The summed E-state index contributed by atoms with van der Waals surface area (Å²) in [6.07, 6.45) is 9.69. The van der Waals surface area contributed by atoms with E-state index < -0.39 is 49.3 Å². The van der Waals surface area contributed by atoms with Crippen molar-refractivity contribution in [1.29, 1.82) is 0 Å². The highest BCUT2D eigenvalue weighted by Gasteiger charge is 2.31. The normalized spacial score (nSPS) is 11.9. The van der Waals surface area contributed by atoms with Crippen molar-refractivity contribution in [3.8, 4) is 0 Å². The summed E-state index contributed by atoms with van der Waals surface area (Å²) in [5.74, 6) is -7.53. The van der Waals surface area contributed by atoms with Gasteiger partial charge in [-0.3, -0.25) is 0 Å². The molecule has 0 saturated carbocycles. The summed E-state index contributed by atoms with van der Waals surface area (Å²) in [5, 5.41) is 0. The Balaban J connectivity index is 2.49. The fraction of sp³-hybridized carbons (Fsp3) is 0.684. The lowest BCUT2D eigenvalue weighted by Crippen LogP contribution is -2.15. The van der Waals surface area contributed by atoms with Gasteiger partial charge < -0.3 is 0 Å². The van der Waals surface area contributed by atoms with Crippen molar-refractivity contribution in [1.82, 2.24) is 0 Å². The molecule has 0 amide bonds. The van der Waals surface area contributed by atoms with Crippen LogP contribution in [0.5, 0.6) is 0 Å². The van der Waals surface area contributed by atoms with Crippen LogP contribution in [-0.4, -0.2) is 14.2 Å². The zero-order chi connectivity index (χ0) is 19.7. The first-order valence-electron chi connectivity index (χ1n) is 9.29. The first kappa shape index (κ1) is 22.9. The Morgan fingerprint density at radius 3 is 1.46 bits per heavy atom. The molecule has 1 rings (SSSR count). The molecule has 7 heteroatoms. The third kappa shape index (κ3) is 6.25. The average molecular weight is 396 g/mol. The Bertz CT molecular complexity index is 658. The first-order valence-corrected chi connectivity index (χ1v) is 10.9. The summed E-state index contributed by atoms with van der Waals surface area (Å²) in [4.78, 5) is -1.49. The van der Waals surface area contributed by atoms with Crippen molar-refractivity contribution in [2.24, 2.45) is 0 Å². The van der Waals surface area contributed by atoms with Crippen LogP contribution in [0.2, 0.25) is 0 Å². The summed E-state index contributed by atoms with van der Waals surface area (Å²) in [6, 6.07) is 0. The van der Waals surface area contributed by atoms with Gasteiger partial charge in [0.25, 0.3) is 0 Å². The highest BCUT2D eigenvalue weighted by Crippen LogP contribution is 2.28. The Morgan fingerprint density at radius 2 is 1.04 bits per heavy atom. The Morgan fingerprint density at radius 1 is 0.654 bits per heavy atom. The van der Waals surface area contributed by atoms with Crippen LogP contribution in [0.4, 0.5) is 17.6 Å². The molecule has 26 heavy (non-hydrogen) atoms. The number of rotatable bonds is 12. The predicted molar refractivity (Wildman–Crippen MR) is 94.9 cm³/mol. The van der Waals surface area contributed by atoms with Gasteiger partial charge in [-0.2, -0.15) is 0 Å². The number of hydrogen-bond acceptors (Lipinski definition) is 2. The van der Waals surface area contributed by atoms with Crippen LogP contribution in [0.1, 0.15) is 76.7 Å². The van der Waals surface area contributed by atoms with Gasteiger partial charge in [0.1, 0.15) is 4.90 Å². The van der Waals surface area contributed by atoms with Crippen LogP contribution in [0, 0.1) is 30.2 Å². The van der Waals surface area contributed by atoms with Crippen molar-refractivity contribution in [3.05, 3.63) is 28.8 Å². The van der Waals surface area contributed by atoms with Crippen molar-refractivity contribution in [3.63, 3.8) is 0 Å². The highest BCUT2D eigenvalue weighted by atomic mass is 32.2. The Labute approximate surface area is 153 Å². The highest BCUT2D eigenvalue weighted by molar-refractivity contribution is 7.91. The van der Waals surface area contributed by atoms with Gasteiger partial charge in [-0.25, -0.2) is 26.0 Å². The molecule has 150 valence electrons. The maximum atomic E-state index is 13.8. The number of unbranched alkanes of at least 4 members (excludes halogenated alkanes) is 9. The number of hydrogen-bond donors (Lipinski definition) is 0. The van der Waals surface area contributed by atoms with Gasteiger partial charge in [0.05, 0.1) is 5.75 Å². The summed E-state index contributed by atoms with van der Waals surface area (Å²) >= 11 is 0. The van der Waals surface area contributed by atoms with Crippen LogP contribution < -0.4 is 0 Å². The minimum Gasteiger partial charge on any atom is -0.223 e. The maximum Gasteiger partial charge on any atom is 0.184 e. The van der Waals surface area contributed by atoms with E-state index in [-0.39, 0.29) is 6.42 Å². The smallest absolute Gasteiger partial charge is 0.184 e. The number of halogens is 4. The third-order valence-corrected chi connectivity index (χ3v) is 6.33. The van der Waals surface area contributed by atoms with Gasteiger partial charge in [0, 0.05) is 5.56 Å². The van der Waals surface area contributed by atoms with Crippen LogP contribution in [0.3, 0.4) is 0 Å². The molecule has 0 unspecified atom stereocenters. The molecule has 0 radical (unpaired) electrons. The molecule has 0 atom stereocenters. The zero-order valence-corrected chi connectivity index (χ0v) is 16.3. The molecular weight excluding hydrogens is 368 g/mol. The maximum absolute atomic E-state index is 13.8. The van der Waals surface area contributed by atoms with Gasteiger partial charge in [0.15, 0.2) is 33.1 Å². The fourth-order valence-electron chi connectivity index (χ4n) is 2.88. The Kier molecular flexibility index (Phi) is 9.61. The zero-order valence-electron chi connectivity index (χ0n) is 15.5. The summed E-state index contributed by atoms with van der Waals surface area (Å²) < 4.78 is 79.0. The van der Waals surface area contributed by atoms with E-state index in [0.717, 1.165) is 32.6 Å². The molecule has 0 saturated heterocycles. The molecule has 0 heterocycles. The molecule has 2 nitrogen and oxygen atoms in total. The lowest BCUT2D eigenvalue weighted by atomic mass is 10.1. The van der Waals surface area contributed by atoms with E-state index in [0.29, 0.717) is 6.42 Å². The molecule has 1 aromatic carbocycles. The second-order valence-electron chi connectivity index (χ2n) is 6.71. The van der Waals surface area contributed by atoms with Gasteiger partial charge >= 0.3 is 0 Å². The Hall–Kier alpha value is -1.11. The number of sulfone groups is 1. The summed E-state index contributed by atoms with van der Waals surface area (Å²) in [6.45, 7) is 3.01. The van der Waals surface area contributed by atoms with Gasteiger partial charge in [0.2, 0.25) is 0 Å². The van der Waals surface area contributed by atoms with Crippen LogP contribution in [0.15, 0.2) is 4.90 Å². The van der Waals surface area contributed by atoms with Crippen molar-refractivity contribution in [2.75, 3.05) is 5.75 Å². The summed E-state index contributed by atoms with van der Waals surface area (Å²) in [5.41, 5.74) is -0.863. The van der Waals surface area contributed by atoms with E-state index >= 15 is 0 Å².